The van der Waals surface area contributed by atoms with Gasteiger partial charge in [-0.1, -0.05) is 24.3 Å². The van der Waals surface area contributed by atoms with E-state index in [-0.39, 0.29) is 5.56 Å². The molecule has 3 rings (SSSR count). The monoisotopic (exact) mass is 309 g/mol. The van der Waals surface area contributed by atoms with Crippen LogP contribution in [0.1, 0.15) is 15.9 Å². The Morgan fingerprint density at radius 1 is 1.13 bits per heavy atom. The quantitative estimate of drug-likeness (QED) is 0.805. The maximum Gasteiger partial charge on any atom is 0.0716 e. The minimum Gasteiger partial charge on any atom is -0.545 e. The second-order valence-corrected chi connectivity index (χ2v) is 5.29. The molecule has 0 spiro atoms. The van der Waals surface area contributed by atoms with E-state index in [2.05, 4.69) is 22.0 Å². The van der Waals surface area contributed by atoms with Crippen LogP contribution in [0.4, 0.5) is 11.4 Å². The third-order valence-electron chi connectivity index (χ3n) is 3.71. The number of ether oxygens (including phenoxy) is 1. The van der Waals surface area contributed by atoms with E-state index >= 15 is 0 Å². The van der Waals surface area contributed by atoms with Crippen LogP contribution in [-0.2, 0) is 4.74 Å². The molecule has 0 aromatic heterocycles. The molecular formula is C18H17N2O3-. The van der Waals surface area contributed by atoms with Crippen LogP contribution in [0.25, 0.3) is 0 Å². The topological polar surface area (TPSA) is 65.0 Å². The maximum absolute atomic E-state index is 10.8. The number of nitrogens with zero attached hydrogens (tertiary/aromatic N) is 2. The standard InChI is InChI=1S/C18H18N2O3/c21-18(22)15-2-1-3-16(12-15)19-13-14-4-6-17(7-5-14)20-8-10-23-11-9-20/h1-7,12-13H,8-11H2,(H,21,22)/p-1. The highest BCUT2D eigenvalue weighted by Crippen LogP contribution is 2.17. The summed E-state index contributed by atoms with van der Waals surface area (Å²) in [5, 5.41) is 10.8. The van der Waals surface area contributed by atoms with E-state index in [1.165, 1.54) is 17.8 Å². The van der Waals surface area contributed by atoms with E-state index in [0.29, 0.717) is 5.69 Å². The number of aromatic carboxylic acids is 1. The Labute approximate surface area is 134 Å². The minimum atomic E-state index is -1.20. The van der Waals surface area contributed by atoms with Crippen molar-refractivity contribution >= 4 is 23.6 Å². The van der Waals surface area contributed by atoms with Crippen molar-refractivity contribution in [1.82, 2.24) is 0 Å². The molecule has 2 aromatic rings. The number of aliphatic imine (C=N–C) groups is 1. The van der Waals surface area contributed by atoms with Gasteiger partial charge in [-0.3, -0.25) is 4.99 Å². The van der Waals surface area contributed by atoms with Gasteiger partial charge in [0.1, 0.15) is 0 Å². The molecule has 5 nitrogen and oxygen atoms in total. The SMILES string of the molecule is O=C([O-])c1cccc(N=Cc2ccc(N3CCOCC3)cc2)c1. The summed E-state index contributed by atoms with van der Waals surface area (Å²) in [6.45, 7) is 3.34. The van der Waals surface area contributed by atoms with Crippen LogP contribution in [-0.4, -0.2) is 38.5 Å². The summed E-state index contributed by atoms with van der Waals surface area (Å²) in [5.74, 6) is -1.20. The summed E-state index contributed by atoms with van der Waals surface area (Å²) in [6, 6.07) is 14.5. The van der Waals surface area contributed by atoms with Gasteiger partial charge in [-0.05, 0) is 35.4 Å². The predicted molar refractivity (Wildman–Crippen MR) is 87.5 cm³/mol. The lowest BCUT2D eigenvalue weighted by atomic mass is 10.2. The van der Waals surface area contributed by atoms with Crippen molar-refractivity contribution in [3.63, 3.8) is 0 Å². The summed E-state index contributed by atoms with van der Waals surface area (Å²) in [6.07, 6.45) is 1.72. The van der Waals surface area contributed by atoms with Crippen molar-refractivity contribution in [2.75, 3.05) is 31.2 Å². The van der Waals surface area contributed by atoms with E-state index in [1.54, 1.807) is 18.3 Å². The molecule has 118 valence electrons. The van der Waals surface area contributed by atoms with Crippen LogP contribution >= 0.6 is 0 Å². The third-order valence-corrected chi connectivity index (χ3v) is 3.71. The van der Waals surface area contributed by atoms with E-state index < -0.39 is 5.97 Å². The molecular weight excluding hydrogens is 292 g/mol. The lowest BCUT2D eigenvalue weighted by Gasteiger charge is -2.28. The highest BCUT2D eigenvalue weighted by molar-refractivity contribution is 5.88. The molecule has 0 N–H and O–H groups in total. The van der Waals surface area contributed by atoms with Gasteiger partial charge >= 0.3 is 0 Å². The molecule has 0 unspecified atom stereocenters. The predicted octanol–water partition coefficient (Wildman–Crippen LogP) is 1.64. The Morgan fingerprint density at radius 3 is 2.57 bits per heavy atom. The van der Waals surface area contributed by atoms with E-state index in [4.69, 9.17) is 4.74 Å². The number of benzene rings is 2. The summed E-state index contributed by atoms with van der Waals surface area (Å²) in [5.41, 5.74) is 2.84. The first-order valence-electron chi connectivity index (χ1n) is 7.50. The lowest BCUT2D eigenvalue weighted by molar-refractivity contribution is -0.255. The van der Waals surface area contributed by atoms with Crippen LogP contribution < -0.4 is 10.0 Å². The van der Waals surface area contributed by atoms with E-state index in [9.17, 15) is 9.90 Å². The van der Waals surface area contributed by atoms with Gasteiger partial charge in [-0.15, -0.1) is 0 Å². The van der Waals surface area contributed by atoms with Gasteiger partial charge in [-0.2, -0.15) is 0 Å². The Hall–Kier alpha value is -2.66. The first-order chi connectivity index (χ1) is 11.2. The molecule has 0 saturated carbocycles. The zero-order valence-corrected chi connectivity index (χ0v) is 12.6. The van der Waals surface area contributed by atoms with Crippen LogP contribution in [0.15, 0.2) is 53.5 Å². The van der Waals surface area contributed by atoms with Crippen molar-refractivity contribution in [1.29, 1.82) is 0 Å². The Bertz CT molecular complexity index is 704. The number of morpholine rings is 1. The molecule has 2 aromatic carbocycles. The fourth-order valence-electron chi connectivity index (χ4n) is 2.46. The zero-order valence-electron chi connectivity index (χ0n) is 12.6. The number of hydrogen-bond donors (Lipinski definition) is 0. The number of anilines is 1. The second-order valence-electron chi connectivity index (χ2n) is 5.29. The molecule has 0 atom stereocenters. The Kier molecular flexibility index (Phi) is 4.68. The Balaban J connectivity index is 1.70. The van der Waals surface area contributed by atoms with Crippen molar-refractivity contribution in [3.05, 3.63) is 59.7 Å². The van der Waals surface area contributed by atoms with Gasteiger partial charge in [-0.25, -0.2) is 0 Å². The fourth-order valence-corrected chi connectivity index (χ4v) is 2.46. The zero-order chi connectivity index (χ0) is 16.1. The smallest absolute Gasteiger partial charge is 0.0716 e. The molecule has 1 aliphatic rings. The van der Waals surface area contributed by atoms with Gasteiger partial charge < -0.3 is 19.5 Å². The average Bonchev–Trinajstić information content (AvgIpc) is 2.61. The van der Waals surface area contributed by atoms with Gasteiger partial charge in [0.2, 0.25) is 0 Å². The molecule has 0 aliphatic carbocycles. The molecule has 23 heavy (non-hydrogen) atoms. The number of rotatable bonds is 4. The van der Waals surface area contributed by atoms with E-state index in [1.807, 2.05) is 12.1 Å². The van der Waals surface area contributed by atoms with Crippen molar-refractivity contribution in [2.45, 2.75) is 0 Å². The lowest BCUT2D eigenvalue weighted by Crippen LogP contribution is -2.36. The molecule has 5 heteroatoms. The molecule has 1 aliphatic heterocycles. The van der Waals surface area contributed by atoms with Gasteiger partial charge in [0.25, 0.3) is 0 Å². The molecule has 1 fully saturated rings. The summed E-state index contributed by atoms with van der Waals surface area (Å²) >= 11 is 0. The maximum atomic E-state index is 10.8. The van der Waals surface area contributed by atoms with Crippen molar-refractivity contribution in [2.24, 2.45) is 4.99 Å². The molecule has 0 bridgehead atoms. The average molecular weight is 309 g/mol. The first-order valence-corrected chi connectivity index (χ1v) is 7.50. The minimum absolute atomic E-state index is 0.127. The number of carboxylic acids is 1. The van der Waals surface area contributed by atoms with Gasteiger partial charge in [0.05, 0.1) is 24.9 Å². The number of carbonyl (C=O) groups is 1. The molecule has 0 radical (unpaired) electrons. The Morgan fingerprint density at radius 2 is 1.87 bits per heavy atom. The second kappa shape index (κ2) is 7.07. The summed E-state index contributed by atoms with van der Waals surface area (Å²) in [4.78, 5) is 17.4. The van der Waals surface area contributed by atoms with Crippen molar-refractivity contribution in [3.8, 4) is 0 Å². The molecule has 0 amide bonds. The van der Waals surface area contributed by atoms with Crippen LogP contribution in [0.5, 0.6) is 0 Å². The highest BCUT2D eigenvalue weighted by atomic mass is 16.5. The van der Waals surface area contributed by atoms with Gasteiger partial charge in [0, 0.05) is 25.0 Å². The van der Waals surface area contributed by atoms with E-state index in [0.717, 1.165) is 31.9 Å². The summed E-state index contributed by atoms with van der Waals surface area (Å²) in [7, 11) is 0. The first kappa shape index (κ1) is 15.2. The third kappa shape index (κ3) is 3.96. The number of carboxylic acid groups (broad SMARTS) is 1. The number of hydrogen-bond acceptors (Lipinski definition) is 5. The van der Waals surface area contributed by atoms with Crippen molar-refractivity contribution < 1.29 is 14.6 Å². The van der Waals surface area contributed by atoms with Crippen LogP contribution in [0.2, 0.25) is 0 Å². The van der Waals surface area contributed by atoms with Gasteiger partial charge in [0.15, 0.2) is 0 Å². The normalized spacial score (nSPS) is 15.0. The molecule has 1 saturated heterocycles. The van der Waals surface area contributed by atoms with Crippen LogP contribution in [0, 0.1) is 0 Å². The number of carbonyl (C=O) groups excluding carboxylic acids is 1. The fraction of sp³-hybridized carbons (Fsp3) is 0.222. The highest BCUT2D eigenvalue weighted by Gasteiger charge is 2.10. The molecule has 1 heterocycles. The van der Waals surface area contributed by atoms with Crippen LogP contribution in [0.3, 0.4) is 0 Å². The largest absolute Gasteiger partial charge is 0.545 e. The summed E-state index contributed by atoms with van der Waals surface area (Å²) < 4.78 is 5.35.